The Hall–Kier alpha value is 0.270. The monoisotopic (exact) mass is 218 g/mol. The van der Waals surface area contributed by atoms with Crippen molar-refractivity contribution in [2.24, 2.45) is 11.8 Å². The highest BCUT2D eigenvalue weighted by Crippen LogP contribution is 2.37. The summed E-state index contributed by atoms with van der Waals surface area (Å²) < 4.78 is 11.5. The van der Waals surface area contributed by atoms with Gasteiger partial charge in [0.25, 0.3) is 0 Å². The SMILES string of the molecule is CCC1OC(SC)C(C)C(C)C1OC. The van der Waals surface area contributed by atoms with E-state index in [0.29, 0.717) is 17.3 Å². The fourth-order valence-corrected chi connectivity index (χ4v) is 3.16. The third-order valence-electron chi connectivity index (χ3n) is 3.36. The molecule has 5 unspecified atom stereocenters. The van der Waals surface area contributed by atoms with Crippen molar-refractivity contribution in [2.75, 3.05) is 13.4 Å². The van der Waals surface area contributed by atoms with E-state index in [1.54, 1.807) is 7.11 Å². The molecule has 0 aromatic carbocycles. The largest absolute Gasteiger partial charge is 0.378 e. The molecule has 0 bridgehead atoms. The molecule has 5 atom stereocenters. The first-order chi connectivity index (χ1) is 6.65. The van der Waals surface area contributed by atoms with Gasteiger partial charge in [-0.15, -0.1) is 11.8 Å². The van der Waals surface area contributed by atoms with Gasteiger partial charge in [-0.25, -0.2) is 0 Å². The molecule has 84 valence electrons. The molecule has 0 spiro atoms. The Morgan fingerprint density at radius 2 is 1.93 bits per heavy atom. The van der Waals surface area contributed by atoms with Gasteiger partial charge in [-0.1, -0.05) is 20.8 Å². The topological polar surface area (TPSA) is 18.5 Å². The van der Waals surface area contributed by atoms with Crippen molar-refractivity contribution in [3.05, 3.63) is 0 Å². The lowest BCUT2D eigenvalue weighted by molar-refractivity contribution is -0.151. The van der Waals surface area contributed by atoms with E-state index in [0.717, 1.165) is 6.42 Å². The van der Waals surface area contributed by atoms with Gasteiger partial charge >= 0.3 is 0 Å². The molecule has 1 fully saturated rings. The van der Waals surface area contributed by atoms with Gasteiger partial charge in [0, 0.05) is 7.11 Å². The first-order valence-electron chi connectivity index (χ1n) is 5.36. The fraction of sp³-hybridized carbons (Fsp3) is 1.00. The zero-order valence-electron chi connectivity index (χ0n) is 9.82. The molecule has 0 saturated carbocycles. The van der Waals surface area contributed by atoms with E-state index in [9.17, 15) is 0 Å². The van der Waals surface area contributed by atoms with Crippen molar-refractivity contribution in [2.45, 2.75) is 44.8 Å². The van der Waals surface area contributed by atoms with Gasteiger partial charge in [0.2, 0.25) is 0 Å². The average Bonchev–Trinajstić information content (AvgIpc) is 2.21. The minimum atomic E-state index is 0.262. The summed E-state index contributed by atoms with van der Waals surface area (Å²) in [5, 5.41) is 0. The summed E-state index contributed by atoms with van der Waals surface area (Å²) in [5.74, 6) is 1.15. The number of thioether (sulfide) groups is 1. The highest BCUT2D eigenvalue weighted by molar-refractivity contribution is 7.99. The second-order valence-corrected chi connectivity index (χ2v) is 5.04. The van der Waals surface area contributed by atoms with E-state index in [1.807, 2.05) is 11.8 Å². The molecule has 0 aromatic heterocycles. The predicted molar refractivity (Wildman–Crippen MR) is 61.6 cm³/mol. The van der Waals surface area contributed by atoms with Gasteiger partial charge in [0.05, 0.1) is 12.2 Å². The van der Waals surface area contributed by atoms with Gasteiger partial charge in [-0.05, 0) is 24.5 Å². The first kappa shape index (κ1) is 12.3. The van der Waals surface area contributed by atoms with Crippen LogP contribution < -0.4 is 0 Å². The van der Waals surface area contributed by atoms with Crippen LogP contribution >= 0.6 is 11.8 Å². The van der Waals surface area contributed by atoms with E-state index in [4.69, 9.17) is 9.47 Å². The minimum Gasteiger partial charge on any atom is -0.378 e. The summed E-state index contributed by atoms with van der Waals surface area (Å²) in [4.78, 5) is 0. The van der Waals surface area contributed by atoms with Crippen LogP contribution in [0.4, 0.5) is 0 Å². The molecule has 2 nitrogen and oxygen atoms in total. The molecular weight excluding hydrogens is 196 g/mol. The number of rotatable bonds is 3. The number of methoxy groups -OCH3 is 1. The molecule has 1 rings (SSSR count). The van der Waals surface area contributed by atoms with E-state index in [2.05, 4.69) is 27.0 Å². The summed E-state index contributed by atoms with van der Waals surface area (Å²) in [6.45, 7) is 6.69. The van der Waals surface area contributed by atoms with Gasteiger partial charge in [-0.3, -0.25) is 0 Å². The van der Waals surface area contributed by atoms with Crippen molar-refractivity contribution < 1.29 is 9.47 Å². The standard InChI is InChI=1S/C11H22O2S/c1-6-9-10(12-4)7(2)8(3)11(13-9)14-5/h7-11H,6H2,1-5H3. The number of hydrogen-bond donors (Lipinski definition) is 0. The number of ether oxygens (including phenoxy) is 2. The van der Waals surface area contributed by atoms with Crippen LogP contribution in [-0.2, 0) is 9.47 Å². The van der Waals surface area contributed by atoms with Gasteiger partial charge in [0.15, 0.2) is 0 Å². The van der Waals surface area contributed by atoms with Crippen molar-refractivity contribution in [3.63, 3.8) is 0 Å². The first-order valence-corrected chi connectivity index (χ1v) is 6.65. The maximum absolute atomic E-state index is 6.01. The highest BCUT2D eigenvalue weighted by atomic mass is 32.2. The summed E-state index contributed by atoms with van der Waals surface area (Å²) in [5.41, 5.74) is 0.335. The summed E-state index contributed by atoms with van der Waals surface area (Å²) in [6, 6.07) is 0. The zero-order valence-corrected chi connectivity index (χ0v) is 10.6. The second kappa shape index (κ2) is 5.38. The van der Waals surface area contributed by atoms with E-state index in [1.165, 1.54) is 0 Å². The Balaban J connectivity index is 2.71. The Bertz CT molecular complexity index is 173. The summed E-state index contributed by atoms with van der Waals surface area (Å²) in [6.07, 6.45) is 3.68. The Morgan fingerprint density at radius 1 is 1.29 bits per heavy atom. The average molecular weight is 218 g/mol. The van der Waals surface area contributed by atoms with Crippen LogP contribution in [0.1, 0.15) is 27.2 Å². The molecule has 0 N–H and O–H groups in total. The third-order valence-corrected chi connectivity index (χ3v) is 4.36. The van der Waals surface area contributed by atoms with Crippen LogP contribution in [0.5, 0.6) is 0 Å². The van der Waals surface area contributed by atoms with E-state index >= 15 is 0 Å². The van der Waals surface area contributed by atoms with Crippen LogP contribution in [0.3, 0.4) is 0 Å². The van der Waals surface area contributed by atoms with E-state index < -0.39 is 0 Å². The smallest absolute Gasteiger partial charge is 0.106 e. The lowest BCUT2D eigenvalue weighted by Gasteiger charge is -2.43. The molecule has 1 aliphatic rings. The molecule has 1 heterocycles. The third kappa shape index (κ3) is 2.26. The normalized spacial score (nSPS) is 43.9. The van der Waals surface area contributed by atoms with Crippen LogP contribution in [0.15, 0.2) is 0 Å². The molecule has 1 aliphatic heterocycles. The lowest BCUT2D eigenvalue weighted by atomic mass is 9.85. The van der Waals surface area contributed by atoms with Crippen LogP contribution in [-0.4, -0.2) is 31.0 Å². The van der Waals surface area contributed by atoms with Gasteiger partial charge in [0.1, 0.15) is 5.44 Å². The fourth-order valence-electron chi connectivity index (χ4n) is 2.22. The maximum atomic E-state index is 6.01. The Kier molecular flexibility index (Phi) is 4.74. The van der Waals surface area contributed by atoms with Crippen molar-refractivity contribution in [3.8, 4) is 0 Å². The number of hydrogen-bond acceptors (Lipinski definition) is 3. The van der Waals surface area contributed by atoms with Gasteiger partial charge < -0.3 is 9.47 Å². The molecule has 0 aromatic rings. The summed E-state index contributed by atoms with van der Waals surface area (Å²) in [7, 11) is 1.79. The predicted octanol–water partition coefficient (Wildman–Crippen LogP) is 2.77. The van der Waals surface area contributed by atoms with Crippen LogP contribution in [0.2, 0.25) is 0 Å². The maximum Gasteiger partial charge on any atom is 0.106 e. The molecule has 0 aliphatic carbocycles. The van der Waals surface area contributed by atoms with Crippen molar-refractivity contribution in [1.29, 1.82) is 0 Å². The molecule has 1 saturated heterocycles. The molecule has 3 heteroatoms. The summed E-state index contributed by atoms with van der Waals surface area (Å²) >= 11 is 1.81. The lowest BCUT2D eigenvalue weighted by Crippen LogP contribution is -2.48. The second-order valence-electron chi connectivity index (χ2n) is 4.11. The Morgan fingerprint density at radius 3 is 2.36 bits per heavy atom. The molecular formula is C11H22O2S. The zero-order chi connectivity index (χ0) is 10.7. The van der Waals surface area contributed by atoms with Crippen molar-refractivity contribution >= 4 is 11.8 Å². The van der Waals surface area contributed by atoms with Crippen LogP contribution in [0, 0.1) is 11.8 Å². The minimum absolute atomic E-state index is 0.262. The van der Waals surface area contributed by atoms with Crippen LogP contribution in [0.25, 0.3) is 0 Å². The van der Waals surface area contributed by atoms with Crippen molar-refractivity contribution in [1.82, 2.24) is 0 Å². The molecule has 0 amide bonds. The van der Waals surface area contributed by atoms with E-state index in [-0.39, 0.29) is 12.2 Å². The molecule has 0 radical (unpaired) electrons. The Labute approximate surface area is 91.7 Å². The van der Waals surface area contributed by atoms with Gasteiger partial charge in [-0.2, -0.15) is 0 Å². The quantitative estimate of drug-likeness (QED) is 0.725. The molecule has 14 heavy (non-hydrogen) atoms. The highest BCUT2D eigenvalue weighted by Gasteiger charge is 2.40.